The Kier molecular flexibility index (Phi) is 4.78. The molecule has 0 spiro atoms. The van der Waals surface area contributed by atoms with Gasteiger partial charge in [-0.2, -0.15) is 0 Å². The summed E-state index contributed by atoms with van der Waals surface area (Å²) in [7, 11) is 2.02. The molecule has 3 nitrogen and oxygen atoms in total. The Morgan fingerprint density at radius 3 is 2.30 bits per heavy atom. The van der Waals surface area contributed by atoms with Crippen LogP contribution in [0.1, 0.15) is 65.7 Å². The first kappa shape index (κ1) is 15.8. The van der Waals surface area contributed by atoms with Crippen molar-refractivity contribution in [2.45, 2.75) is 77.8 Å². The Morgan fingerprint density at radius 2 is 1.70 bits per heavy atom. The third kappa shape index (κ3) is 2.88. The number of amides is 1. The summed E-state index contributed by atoms with van der Waals surface area (Å²) in [6.07, 6.45) is 8.19. The quantitative estimate of drug-likeness (QED) is 0.844. The van der Waals surface area contributed by atoms with E-state index in [-0.39, 0.29) is 17.4 Å². The van der Waals surface area contributed by atoms with Crippen LogP contribution in [0.3, 0.4) is 0 Å². The normalized spacial score (nSPS) is 34.8. The van der Waals surface area contributed by atoms with E-state index in [4.69, 9.17) is 5.73 Å². The molecule has 2 aliphatic rings. The lowest BCUT2D eigenvalue weighted by molar-refractivity contribution is -0.144. The number of carbonyl (C=O) groups is 1. The SMILES string of the molecule is CC1C(N)CCC(C(=O)N(C)C2CCCCC2)C1(C)C. The minimum absolute atomic E-state index is 0.0116. The van der Waals surface area contributed by atoms with Crippen molar-refractivity contribution in [1.29, 1.82) is 0 Å². The Morgan fingerprint density at radius 1 is 1.10 bits per heavy atom. The lowest BCUT2D eigenvalue weighted by Gasteiger charge is -2.48. The number of carbonyl (C=O) groups excluding carboxylic acids is 1. The van der Waals surface area contributed by atoms with Crippen molar-refractivity contribution in [1.82, 2.24) is 4.90 Å². The second-order valence-corrected chi connectivity index (χ2v) is 7.64. The van der Waals surface area contributed by atoms with Gasteiger partial charge in [-0.1, -0.05) is 40.0 Å². The average molecular weight is 280 g/mol. The molecule has 3 heteroatoms. The summed E-state index contributed by atoms with van der Waals surface area (Å²) in [4.78, 5) is 15.0. The molecule has 0 bridgehead atoms. The summed E-state index contributed by atoms with van der Waals surface area (Å²) >= 11 is 0. The van der Waals surface area contributed by atoms with Crippen molar-refractivity contribution in [2.24, 2.45) is 23.0 Å². The second kappa shape index (κ2) is 6.05. The number of nitrogens with two attached hydrogens (primary N) is 1. The second-order valence-electron chi connectivity index (χ2n) is 7.64. The van der Waals surface area contributed by atoms with E-state index < -0.39 is 0 Å². The van der Waals surface area contributed by atoms with Crippen molar-refractivity contribution >= 4 is 5.91 Å². The molecule has 0 aromatic rings. The lowest BCUT2D eigenvalue weighted by Crippen LogP contribution is -2.53. The first-order chi connectivity index (χ1) is 9.35. The van der Waals surface area contributed by atoms with Crippen LogP contribution in [-0.4, -0.2) is 29.9 Å². The Bertz CT molecular complexity index is 347. The first-order valence-electron chi connectivity index (χ1n) is 8.38. The van der Waals surface area contributed by atoms with Gasteiger partial charge in [-0.25, -0.2) is 0 Å². The molecular weight excluding hydrogens is 248 g/mol. The number of nitrogens with zero attached hydrogens (tertiary/aromatic N) is 1. The molecule has 3 atom stereocenters. The van der Waals surface area contributed by atoms with Gasteiger partial charge in [-0.05, 0) is 37.0 Å². The van der Waals surface area contributed by atoms with E-state index >= 15 is 0 Å². The van der Waals surface area contributed by atoms with Crippen LogP contribution in [0.2, 0.25) is 0 Å². The molecule has 1 amide bonds. The van der Waals surface area contributed by atoms with Crippen LogP contribution < -0.4 is 5.73 Å². The van der Waals surface area contributed by atoms with Gasteiger partial charge in [0.05, 0.1) is 0 Å². The van der Waals surface area contributed by atoms with E-state index in [9.17, 15) is 4.79 Å². The smallest absolute Gasteiger partial charge is 0.226 e. The molecule has 20 heavy (non-hydrogen) atoms. The van der Waals surface area contributed by atoms with Crippen LogP contribution in [0.15, 0.2) is 0 Å². The molecule has 2 aliphatic carbocycles. The van der Waals surface area contributed by atoms with Crippen molar-refractivity contribution in [3.05, 3.63) is 0 Å². The summed E-state index contributed by atoms with van der Waals surface area (Å²) in [6, 6.07) is 0.715. The monoisotopic (exact) mass is 280 g/mol. The maximum atomic E-state index is 13.0. The van der Waals surface area contributed by atoms with Crippen molar-refractivity contribution in [3.8, 4) is 0 Å². The van der Waals surface area contributed by atoms with Crippen LogP contribution in [0.4, 0.5) is 0 Å². The molecule has 3 unspecified atom stereocenters. The third-order valence-corrected chi connectivity index (χ3v) is 6.27. The van der Waals surface area contributed by atoms with Gasteiger partial charge in [-0.15, -0.1) is 0 Å². The molecule has 0 saturated heterocycles. The molecular formula is C17H32N2O. The minimum atomic E-state index is 0.0116. The Labute approximate surface area is 124 Å². The zero-order chi connectivity index (χ0) is 14.9. The van der Waals surface area contributed by atoms with Crippen LogP contribution in [-0.2, 0) is 4.79 Å². The zero-order valence-electron chi connectivity index (χ0n) is 13.7. The van der Waals surface area contributed by atoms with Gasteiger partial charge in [0.2, 0.25) is 5.91 Å². The van der Waals surface area contributed by atoms with Gasteiger partial charge in [0.1, 0.15) is 0 Å². The van der Waals surface area contributed by atoms with E-state index in [0.29, 0.717) is 17.9 Å². The van der Waals surface area contributed by atoms with Crippen LogP contribution in [0.25, 0.3) is 0 Å². The van der Waals surface area contributed by atoms with E-state index in [1.807, 2.05) is 7.05 Å². The van der Waals surface area contributed by atoms with E-state index in [1.54, 1.807) is 0 Å². The van der Waals surface area contributed by atoms with Crippen molar-refractivity contribution in [2.75, 3.05) is 7.05 Å². The fourth-order valence-corrected chi connectivity index (χ4v) is 4.19. The number of rotatable bonds is 2. The third-order valence-electron chi connectivity index (χ3n) is 6.27. The summed E-state index contributed by atoms with van der Waals surface area (Å²) in [5.41, 5.74) is 6.22. The predicted molar refractivity (Wildman–Crippen MR) is 83.3 cm³/mol. The standard InChI is InChI=1S/C17H32N2O/c1-12-15(18)11-10-14(17(12,2)3)16(20)19(4)13-8-6-5-7-9-13/h12-15H,5-11,18H2,1-4H3. The van der Waals surface area contributed by atoms with Gasteiger partial charge in [-0.3, -0.25) is 4.79 Å². The zero-order valence-corrected chi connectivity index (χ0v) is 13.7. The highest BCUT2D eigenvalue weighted by Gasteiger charge is 2.46. The van der Waals surface area contributed by atoms with Crippen LogP contribution >= 0.6 is 0 Å². The molecule has 2 fully saturated rings. The van der Waals surface area contributed by atoms with Gasteiger partial charge in [0.25, 0.3) is 0 Å². The molecule has 0 heterocycles. The highest BCUT2D eigenvalue weighted by atomic mass is 16.2. The molecule has 2 saturated carbocycles. The maximum Gasteiger partial charge on any atom is 0.226 e. The van der Waals surface area contributed by atoms with Gasteiger partial charge < -0.3 is 10.6 Å². The fourth-order valence-electron chi connectivity index (χ4n) is 4.19. The molecule has 116 valence electrons. The first-order valence-corrected chi connectivity index (χ1v) is 8.38. The number of hydrogen-bond acceptors (Lipinski definition) is 2. The molecule has 0 radical (unpaired) electrons. The van der Waals surface area contributed by atoms with Gasteiger partial charge >= 0.3 is 0 Å². The molecule has 2 rings (SSSR count). The van der Waals surface area contributed by atoms with Crippen molar-refractivity contribution in [3.63, 3.8) is 0 Å². The van der Waals surface area contributed by atoms with E-state index in [1.165, 1.54) is 32.1 Å². The number of hydrogen-bond donors (Lipinski definition) is 1. The lowest BCUT2D eigenvalue weighted by atomic mass is 9.60. The van der Waals surface area contributed by atoms with Crippen LogP contribution in [0, 0.1) is 17.3 Å². The summed E-state index contributed by atoms with van der Waals surface area (Å²) in [5.74, 6) is 0.912. The topological polar surface area (TPSA) is 46.3 Å². The minimum Gasteiger partial charge on any atom is -0.343 e. The van der Waals surface area contributed by atoms with E-state index in [0.717, 1.165) is 12.8 Å². The average Bonchev–Trinajstić information content (AvgIpc) is 2.44. The highest BCUT2D eigenvalue weighted by Crippen LogP contribution is 2.45. The van der Waals surface area contributed by atoms with Crippen LogP contribution in [0.5, 0.6) is 0 Å². The fraction of sp³-hybridized carbons (Fsp3) is 0.941. The molecule has 0 aliphatic heterocycles. The highest BCUT2D eigenvalue weighted by molar-refractivity contribution is 5.80. The predicted octanol–water partition coefficient (Wildman–Crippen LogP) is 3.18. The summed E-state index contributed by atoms with van der Waals surface area (Å²) < 4.78 is 0. The molecule has 0 aromatic heterocycles. The Hall–Kier alpha value is -0.570. The Balaban J connectivity index is 2.07. The van der Waals surface area contributed by atoms with Gasteiger partial charge in [0, 0.05) is 25.0 Å². The molecule has 0 aromatic carbocycles. The largest absolute Gasteiger partial charge is 0.343 e. The summed E-state index contributed by atoms with van der Waals surface area (Å²) in [5, 5.41) is 0. The molecule has 2 N–H and O–H groups in total. The summed E-state index contributed by atoms with van der Waals surface area (Å²) in [6.45, 7) is 6.67. The van der Waals surface area contributed by atoms with Crippen molar-refractivity contribution < 1.29 is 4.79 Å². The maximum absolute atomic E-state index is 13.0. The van der Waals surface area contributed by atoms with Gasteiger partial charge in [0.15, 0.2) is 0 Å². The van der Waals surface area contributed by atoms with E-state index in [2.05, 4.69) is 25.7 Å².